The van der Waals surface area contributed by atoms with E-state index in [0.29, 0.717) is 18.0 Å². The molecule has 1 aliphatic heterocycles. The molecule has 2 rings (SSSR count). The van der Waals surface area contributed by atoms with Crippen LogP contribution in [0.5, 0.6) is 0 Å². The minimum atomic E-state index is 0.380. The first kappa shape index (κ1) is 15.5. The summed E-state index contributed by atoms with van der Waals surface area (Å²) >= 11 is 0. The molecule has 0 bridgehead atoms. The smallest absolute Gasteiger partial charge is 0.0475 e. The Hall–Kier alpha value is -0.860. The van der Waals surface area contributed by atoms with Gasteiger partial charge in [0.15, 0.2) is 0 Å². The summed E-state index contributed by atoms with van der Waals surface area (Å²) in [6.07, 6.45) is 3.89. The van der Waals surface area contributed by atoms with Crippen LogP contribution in [0.3, 0.4) is 0 Å². The van der Waals surface area contributed by atoms with Crippen LogP contribution in [0.15, 0.2) is 18.2 Å². The highest BCUT2D eigenvalue weighted by Crippen LogP contribution is 2.34. The number of aryl methyl sites for hydroxylation is 2. The third kappa shape index (κ3) is 3.42. The zero-order chi connectivity index (χ0) is 14.8. The van der Waals surface area contributed by atoms with Gasteiger partial charge in [-0.25, -0.2) is 0 Å². The predicted molar refractivity (Wildman–Crippen MR) is 86.9 cm³/mol. The Bertz CT molecular complexity index is 430. The van der Waals surface area contributed by atoms with Crippen molar-refractivity contribution in [2.75, 3.05) is 19.6 Å². The van der Waals surface area contributed by atoms with E-state index in [9.17, 15) is 0 Å². The predicted octanol–water partition coefficient (Wildman–Crippen LogP) is 3.82. The molecule has 0 aliphatic carbocycles. The van der Waals surface area contributed by atoms with E-state index in [1.54, 1.807) is 0 Å². The molecule has 1 fully saturated rings. The lowest BCUT2D eigenvalue weighted by Gasteiger charge is -2.32. The van der Waals surface area contributed by atoms with Gasteiger partial charge in [0.2, 0.25) is 0 Å². The molecule has 2 N–H and O–H groups in total. The standard InChI is InChI=1S/C18H30N2/c1-14-7-5-8-15(2)17(14)16(13-19)20-11-6-9-18(3,4)10-12-20/h5,7-8,16H,6,9-13,19H2,1-4H3. The molecular formula is C18H30N2. The second-order valence-corrected chi connectivity index (χ2v) is 7.11. The Labute approximate surface area is 124 Å². The maximum atomic E-state index is 6.15. The molecule has 1 aliphatic rings. The Morgan fingerprint density at radius 1 is 1.15 bits per heavy atom. The third-order valence-electron chi connectivity index (χ3n) is 4.91. The topological polar surface area (TPSA) is 29.3 Å². The zero-order valence-electron chi connectivity index (χ0n) is 13.6. The third-order valence-corrected chi connectivity index (χ3v) is 4.91. The van der Waals surface area contributed by atoms with Crippen molar-refractivity contribution in [2.24, 2.45) is 11.1 Å². The minimum absolute atomic E-state index is 0.380. The fourth-order valence-corrected chi connectivity index (χ4v) is 3.56. The van der Waals surface area contributed by atoms with Gasteiger partial charge in [0, 0.05) is 12.6 Å². The summed E-state index contributed by atoms with van der Waals surface area (Å²) in [5.41, 5.74) is 10.8. The fraction of sp³-hybridized carbons (Fsp3) is 0.667. The largest absolute Gasteiger partial charge is 0.329 e. The van der Waals surface area contributed by atoms with Gasteiger partial charge < -0.3 is 5.73 Å². The first-order chi connectivity index (χ1) is 9.44. The van der Waals surface area contributed by atoms with Gasteiger partial charge in [-0.15, -0.1) is 0 Å². The lowest BCUT2D eigenvalue weighted by Crippen LogP contribution is -2.35. The van der Waals surface area contributed by atoms with Crippen LogP contribution < -0.4 is 5.73 Å². The molecular weight excluding hydrogens is 244 g/mol. The molecule has 2 heteroatoms. The van der Waals surface area contributed by atoms with E-state index in [4.69, 9.17) is 5.73 Å². The van der Waals surface area contributed by atoms with E-state index in [0.717, 1.165) is 0 Å². The molecule has 0 saturated carbocycles. The minimum Gasteiger partial charge on any atom is -0.329 e. The first-order valence-electron chi connectivity index (χ1n) is 7.95. The summed E-state index contributed by atoms with van der Waals surface area (Å²) in [5, 5.41) is 0. The van der Waals surface area contributed by atoms with Crippen molar-refractivity contribution in [2.45, 2.75) is 53.0 Å². The lowest BCUT2D eigenvalue weighted by atomic mass is 9.85. The first-order valence-corrected chi connectivity index (χ1v) is 7.95. The van der Waals surface area contributed by atoms with Gasteiger partial charge in [-0.2, -0.15) is 0 Å². The summed E-state index contributed by atoms with van der Waals surface area (Å²) in [6, 6.07) is 6.96. The zero-order valence-corrected chi connectivity index (χ0v) is 13.6. The van der Waals surface area contributed by atoms with E-state index < -0.39 is 0 Å². The van der Waals surface area contributed by atoms with Crippen LogP contribution in [0.25, 0.3) is 0 Å². The van der Waals surface area contributed by atoms with Crippen molar-refractivity contribution in [1.29, 1.82) is 0 Å². The molecule has 2 nitrogen and oxygen atoms in total. The summed E-state index contributed by atoms with van der Waals surface area (Å²) < 4.78 is 0. The van der Waals surface area contributed by atoms with Crippen LogP contribution in [0, 0.1) is 19.3 Å². The van der Waals surface area contributed by atoms with E-state index in [1.807, 2.05) is 0 Å². The number of hydrogen-bond acceptors (Lipinski definition) is 2. The normalized spacial score (nSPS) is 21.4. The molecule has 0 radical (unpaired) electrons. The molecule has 1 unspecified atom stereocenters. The number of benzene rings is 1. The number of hydrogen-bond donors (Lipinski definition) is 1. The van der Waals surface area contributed by atoms with E-state index in [1.165, 1.54) is 49.0 Å². The van der Waals surface area contributed by atoms with Crippen LogP contribution in [-0.4, -0.2) is 24.5 Å². The van der Waals surface area contributed by atoms with Crippen LogP contribution in [-0.2, 0) is 0 Å². The van der Waals surface area contributed by atoms with Gasteiger partial charge in [-0.1, -0.05) is 32.0 Å². The van der Waals surface area contributed by atoms with Crippen molar-refractivity contribution in [3.63, 3.8) is 0 Å². The van der Waals surface area contributed by atoms with Gasteiger partial charge >= 0.3 is 0 Å². The molecule has 112 valence electrons. The van der Waals surface area contributed by atoms with Crippen molar-refractivity contribution < 1.29 is 0 Å². The Kier molecular flexibility index (Phi) is 4.87. The van der Waals surface area contributed by atoms with Crippen LogP contribution >= 0.6 is 0 Å². The molecule has 1 aromatic carbocycles. The van der Waals surface area contributed by atoms with Crippen molar-refractivity contribution in [3.05, 3.63) is 34.9 Å². The molecule has 20 heavy (non-hydrogen) atoms. The summed E-state index contributed by atoms with van der Waals surface area (Å²) in [7, 11) is 0. The van der Waals surface area contributed by atoms with Crippen molar-refractivity contribution in [1.82, 2.24) is 4.90 Å². The summed E-state index contributed by atoms with van der Waals surface area (Å²) in [6.45, 7) is 12.3. The number of nitrogens with zero attached hydrogens (tertiary/aromatic N) is 1. The van der Waals surface area contributed by atoms with Crippen LogP contribution in [0.4, 0.5) is 0 Å². The van der Waals surface area contributed by atoms with Gasteiger partial charge in [0.1, 0.15) is 0 Å². The average Bonchev–Trinajstić information content (AvgIpc) is 2.55. The van der Waals surface area contributed by atoms with Gasteiger partial charge in [-0.3, -0.25) is 4.90 Å². The molecule has 1 heterocycles. The van der Waals surface area contributed by atoms with Gasteiger partial charge in [0.25, 0.3) is 0 Å². The van der Waals surface area contributed by atoms with Crippen LogP contribution in [0.2, 0.25) is 0 Å². The molecule has 0 aromatic heterocycles. The number of rotatable bonds is 3. The maximum Gasteiger partial charge on any atom is 0.0475 e. The summed E-state index contributed by atoms with van der Waals surface area (Å²) in [5.74, 6) is 0. The Balaban J connectivity index is 2.24. The van der Waals surface area contributed by atoms with E-state index in [2.05, 4.69) is 50.8 Å². The summed E-state index contributed by atoms with van der Waals surface area (Å²) in [4.78, 5) is 2.62. The fourth-order valence-electron chi connectivity index (χ4n) is 3.56. The molecule has 0 spiro atoms. The molecule has 1 saturated heterocycles. The Morgan fingerprint density at radius 3 is 2.40 bits per heavy atom. The maximum absolute atomic E-state index is 6.15. The van der Waals surface area contributed by atoms with E-state index in [-0.39, 0.29) is 0 Å². The van der Waals surface area contributed by atoms with Gasteiger partial charge in [-0.05, 0) is 68.3 Å². The van der Waals surface area contributed by atoms with Crippen molar-refractivity contribution >= 4 is 0 Å². The highest BCUT2D eigenvalue weighted by molar-refractivity contribution is 5.36. The lowest BCUT2D eigenvalue weighted by molar-refractivity contribution is 0.199. The Morgan fingerprint density at radius 2 is 1.80 bits per heavy atom. The second kappa shape index (κ2) is 6.28. The van der Waals surface area contributed by atoms with Crippen LogP contribution in [0.1, 0.15) is 55.8 Å². The molecule has 1 atom stereocenters. The highest BCUT2D eigenvalue weighted by atomic mass is 15.2. The number of likely N-dealkylation sites (tertiary alicyclic amines) is 1. The average molecular weight is 274 g/mol. The van der Waals surface area contributed by atoms with Gasteiger partial charge in [0.05, 0.1) is 0 Å². The number of nitrogens with two attached hydrogens (primary N) is 1. The second-order valence-electron chi connectivity index (χ2n) is 7.11. The SMILES string of the molecule is Cc1cccc(C)c1C(CN)N1CCCC(C)(C)CC1. The highest BCUT2D eigenvalue weighted by Gasteiger charge is 2.28. The molecule has 0 amide bonds. The monoisotopic (exact) mass is 274 g/mol. The van der Waals surface area contributed by atoms with E-state index >= 15 is 0 Å². The quantitative estimate of drug-likeness (QED) is 0.908. The molecule has 1 aromatic rings. The van der Waals surface area contributed by atoms with Crippen molar-refractivity contribution in [3.8, 4) is 0 Å².